The van der Waals surface area contributed by atoms with Crippen LogP contribution in [0.25, 0.3) is 10.9 Å². The fraction of sp³-hybridized carbons (Fsp3) is 0.214. The Morgan fingerprint density at radius 3 is 2.94 bits per heavy atom. The molecule has 0 saturated carbocycles. The number of aryl methyl sites for hydroxylation is 3. The quantitative estimate of drug-likeness (QED) is 0.713. The van der Waals surface area contributed by atoms with Crippen LogP contribution >= 0.6 is 0 Å². The van der Waals surface area contributed by atoms with Crippen LogP contribution in [0, 0.1) is 0 Å². The van der Waals surface area contributed by atoms with Gasteiger partial charge in [-0.05, 0) is 35.6 Å². The van der Waals surface area contributed by atoms with E-state index >= 15 is 0 Å². The predicted molar refractivity (Wildman–Crippen MR) is 73.3 cm³/mol. The van der Waals surface area contributed by atoms with Crippen molar-refractivity contribution in [2.45, 2.75) is 13.0 Å². The van der Waals surface area contributed by atoms with Crippen molar-refractivity contribution in [3.8, 4) is 0 Å². The summed E-state index contributed by atoms with van der Waals surface area (Å²) in [5, 5.41) is 5.41. The van der Waals surface area contributed by atoms with E-state index in [9.17, 15) is 0 Å². The van der Waals surface area contributed by atoms with Crippen LogP contribution in [-0.2, 0) is 20.0 Å². The van der Waals surface area contributed by atoms with Gasteiger partial charge < -0.3 is 10.3 Å². The van der Waals surface area contributed by atoms with Crippen molar-refractivity contribution in [2.75, 3.05) is 5.73 Å². The molecule has 0 amide bonds. The second kappa shape index (κ2) is 4.22. The third-order valence-electron chi connectivity index (χ3n) is 3.20. The molecule has 0 bridgehead atoms. The highest BCUT2D eigenvalue weighted by Gasteiger charge is 2.02. The summed E-state index contributed by atoms with van der Waals surface area (Å²) in [6.07, 6.45) is 7.06. The molecule has 2 heterocycles. The molecule has 4 heteroatoms. The van der Waals surface area contributed by atoms with E-state index in [0.29, 0.717) is 0 Å². The molecule has 0 saturated heterocycles. The minimum absolute atomic E-state index is 0.809. The molecule has 3 rings (SSSR count). The van der Waals surface area contributed by atoms with Gasteiger partial charge in [0.05, 0.1) is 11.7 Å². The number of hydrogen-bond acceptors (Lipinski definition) is 2. The first-order valence-electron chi connectivity index (χ1n) is 6.04. The van der Waals surface area contributed by atoms with Crippen molar-refractivity contribution in [1.29, 1.82) is 0 Å². The summed E-state index contributed by atoms with van der Waals surface area (Å²) in [4.78, 5) is 0. The van der Waals surface area contributed by atoms with Gasteiger partial charge in [0.25, 0.3) is 0 Å². The van der Waals surface area contributed by atoms with Crippen molar-refractivity contribution in [2.24, 2.45) is 7.05 Å². The maximum Gasteiger partial charge on any atom is 0.0522 e. The Balaban J connectivity index is 1.84. The van der Waals surface area contributed by atoms with Gasteiger partial charge >= 0.3 is 0 Å². The molecule has 3 aromatic rings. The zero-order valence-corrected chi connectivity index (χ0v) is 10.4. The minimum atomic E-state index is 0.809. The molecule has 18 heavy (non-hydrogen) atoms. The molecule has 0 atom stereocenters. The van der Waals surface area contributed by atoms with Crippen LogP contribution in [0.15, 0.2) is 42.9 Å². The Morgan fingerprint density at radius 2 is 2.17 bits per heavy atom. The van der Waals surface area contributed by atoms with Gasteiger partial charge in [-0.1, -0.05) is 6.07 Å². The third-order valence-corrected chi connectivity index (χ3v) is 3.20. The van der Waals surface area contributed by atoms with Gasteiger partial charge in [0.1, 0.15) is 0 Å². The summed E-state index contributed by atoms with van der Waals surface area (Å²) in [6, 6.07) is 8.15. The second-order valence-corrected chi connectivity index (χ2v) is 4.60. The Kier molecular flexibility index (Phi) is 2.55. The molecule has 0 unspecified atom stereocenters. The molecule has 0 aliphatic rings. The summed E-state index contributed by atoms with van der Waals surface area (Å²) in [5.41, 5.74) is 9.09. The normalized spacial score (nSPS) is 11.2. The lowest BCUT2D eigenvalue weighted by Gasteiger charge is -2.04. The van der Waals surface area contributed by atoms with Gasteiger partial charge in [-0.25, -0.2) is 0 Å². The number of benzene rings is 1. The van der Waals surface area contributed by atoms with Crippen LogP contribution in [0.1, 0.15) is 5.56 Å². The SMILES string of the molecule is Cn1cc(CCn2ccc3ccc(N)cc32)cn1. The average molecular weight is 240 g/mol. The lowest BCUT2D eigenvalue weighted by Crippen LogP contribution is -1.99. The maximum atomic E-state index is 5.84. The van der Waals surface area contributed by atoms with Crippen molar-refractivity contribution >= 4 is 16.6 Å². The molecule has 4 nitrogen and oxygen atoms in total. The molecule has 0 fully saturated rings. The highest BCUT2D eigenvalue weighted by atomic mass is 15.2. The number of aromatic nitrogens is 3. The zero-order chi connectivity index (χ0) is 12.5. The second-order valence-electron chi connectivity index (χ2n) is 4.60. The number of rotatable bonds is 3. The summed E-state index contributed by atoms with van der Waals surface area (Å²) >= 11 is 0. The average Bonchev–Trinajstić information content (AvgIpc) is 2.93. The largest absolute Gasteiger partial charge is 0.399 e. The van der Waals surface area contributed by atoms with Gasteiger partial charge in [-0.15, -0.1) is 0 Å². The molecular formula is C14H16N4. The molecule has 0 aliphatic heterocycles. The topological polar surface area (TPSA) is 48.8 Å². The van der Waals surface area contributed by atoms with Crippen molar-refractivity contribution < 1.29 is 0 Å². The lowest BCUT2D eigenvalue weighted by atomic mass is 10.2. The van der Waals surface area contributed by atoms with Gasteiger partial charge in [0.15, 0.2) is 0 Å². The Labute approximate surface area is 106 Å². The van der Waals surface area contributed by atoms with E-state index in [0.717, 1.165) is 18.7 Å². The number of anilines is 1. The summed E-state index contributed by atoms with van der Waals surface area (Å²) in [7, 11) is 1.94. The number of fused-ring (bicyclic) bond motifs is 1. The van der Waals surface area contributed by atoms with E-state index in [-0.39, 0.29) is 0 Å². The first kappa shape index (κ1) is 10.9. The van der Waals surface area contributed by atoms with E-state index in [1.54, 1.807) is 0 Å². The highest BCUT2D eigenvalue weighted by Crippen LogP contribution is 2.19. The number of nitrogens with two attached hydrogens (primary N) is 1. The fourth-order valence-corrected chi connectivity index (χ4v) is 2.25. The smallest absolute Gasteiger partial charge is 0.0522 e. The molecular weight excluding hydrogens is 224 g/mol. The number of nitrogens with zero attached hydrogens (tertiary/aromatic N) is 3. The van der Waals surface area contributed by atoms with Gasteiger partial charge in [0.2, 0.25) is 0 Å². The third kappa shape index (κ3) is 1.97. The molecule has 1 aromatic carbocycles. The van der Waals surface area contributed by atoms with Crippen molar-refractivity contribution in [3.05, 3.63) is 48.4 Å². The van der Waals surface area contributed by atoms with Crippen LogP contribution in [0.3, 0.4) is 0 Å². The number of nitrogen functional groups attached to an aromatic ring is 1. The zero-order valence-electron chi connectivity index (χ0n) is 10.4. The Bertz CT molecular complexity index is 678. The number of hydrogen-bond donors (Lipinski definition) is 1. The van der Waals surface area contributed by atoms with Crippen LogP contribution in [0.5, 0.6) is 0 Å². The highest BCUT2D eigenvalue weighted by molar-refractivity contribution is 5.83. The fourth-order valence-electron chi connectivity index (χ4n) is 2.25. The van der Waals surface area contributed by atoms with E-state index in [1.165, 1.54) is 16.5 Å². The maximum absolute atomic E-state index is 5.84. The lowest BCUT2D eigenvalue weighted by molar-refractivity contribution is 0.720. The molecule has 2 N–H and O–H groups in total. The molecule has 0 radical (unpaired) electrons. The standard InChI is InChI=1S/C14H16N4/c1-17-10-11(9-16-17)4-6-18-7-5-12-2-3-13(15)8-14(12)18/h2-3,5,7-10H,4,6,15H2,1H3. The first-order valence-corrected chi connectivity index (χ1v) is 6.04. The van der Waals surface area contributed by atoms with Crippen molar-refractivity contribution in [1.82, 2.24) is 14.3 Å². The van der Waals surface area contributed by atoms with Crippen LogP contribution in [0.2, 0.25) is 0 Å². The van der Waals surface area contributed by atoms with Crippen LogP contribution in [0.4, 0.5) is 5.69 Å². The Morgan fingerprint density at radius 1 is 1.28 bits per heavy atom. The van der Waals surface area contributed by atoms with E-state index in [4.69, 9.17) is 5.73 Å². The van der Waals surface area contributed by atoms with E-state index in [1.807, 2.05) is 30.1 Å². The van der Waals surface area contributed by atoms with Crippen LogP contribution < -0.4 is 5.73 Å². The summed E-state index contributed by atoms with van der Waals surface area (Å²) in [6.45, 7) is 0.943. The van der Waals surface area contributed by atoms with Gasteiger partial charge in [-0.3, -0.25) is 4.68 Å². The van der Waals surface area contributed by atoms with E-state index in [2.05, 4.69) is 34.2 Å². The first-order chi connectivity index (χ1) is 8.72. The minimum Gasteiger partial charge on any atom is -0.399 e. The predicted octanol–water partition coefficient (Wildman–Crippen LogP) is 2.20. The molecule has 92 valence electrons. The van der Waals surface area contributed by atoms with E-state index < -0.39 is 0 Å². The summed E-state index contributed by atoms with van der Waals surface area (Å²) in [5.74, 6) is 0. The molecule has 0 spiro atoms. The molecule has 2 aromatic heterocycles. The Hall–Kier alpha value is -2.23. The summed E-state index contributed by atoms with van der Waals surface area (Å²) < 4.78 is 4.07. The monoisotopic (exact) mass is 240 g/mol. The molecule has 0 aliphatic carbocycles. The van der Waals surface area contributed by atoms with Crippen LogP contribution in [-0.4, -0.2) is 14.3 Å². The van der Waals surface area contributed by atoms with Gasteiger partial charge in [0, 0.05) is 31.7 Å². The van der Waals surface area contributed by atoms with Gasteiger partial charge in [-0.2, -0.15) is 5.10 Å². The van der Waals surface area contributed by atoms with Crippen molar-refractivity contribution in [3.63, 3.8) is 0 Å².